The number of guanidine groups is 1. The van der Waals surface area contributed by atoms with Crippen LogP contribution in [0, 0.1) is 11.8 Å². The van der Waals surface area contributed by atoms with Crippen molar-refractivity contribution >= 4 is 5.96 Å². The molecule has 110 valence electrons. The summed E-state index contributed by atoms with van der Waals surface area (Å²) in [4.78, 5) is 4.45. The van der Waals surface area contributed by atoms with E-state index in [1.54, 1.807) is 0 Å². The maximum absolute atomic E-state index is 5.89. The molecular weight excluding hydrogens is 242 g/mol. The lowest BCUT2D eigenvalue weighted by Crippen LogP contribution is -2.38. The van der Waals surface area contributed by atoms with Crippen molar-refractivity contribution in [3.8, 4) is 0 Å². The summed E-state index contributed by atoms with van der Waals surface area (Å²) in [7, 11) is 0. The largest absolute Gasteiger partial charge is 0.378 e. The SMILES string of the molecule is CC(C)C1OCCC1CN=C(N)NCC1CCCO1. The summed E-state index contributed by atoms with van der Waals surface area (Å²) in [5.74, 6) is 1.58. The molecule has 2 aliphatic rings. The highest BCUT2D eigenvalue weighted by Crippen LogP contribution is 2.26. The van der Waals surface area contributed by atoms with Gasteiger partial charge in [-0.15, -0.1) is 0 Å². The topological polar surface area (TPSA) is 68.9 Å². The van der Waals surface area contributed by atoms with Crippen LogP contribution in [0.15, 0.2) is 4.99 Å². The Morgan fingerprint density at radius 1 is 1.32 bits per heavy atom. The zero-order chi connectivity index (χ0) is 13.7. The van der Waals surface area contributed by atoms with E-state index in [1.165, 1.54) is 0 Å². The van der Waals surface area contributed by atoms with Crippen molar-refractivity contribution < 1.29 is 9.47 Å². The van der Waals surface area contributed by atoms with Crippen molar-refractivity contribution in [1.82, 2.24) is 5.32 Å². The molecule has 0 radical (unpaired) electrons. The molecule has 2 heterocycles. The molecule has 3 unspecified atom stereocenters. The summed E-state index contributed by atoms with van der Waals surface area (Å²) in [6, 6.07) is 0. The van der Waals surface area contributed by atoms with E-state index < -0.39 is 0 Å². The minimum absolute atomic E-state index is 0.298. The Labute approximate surface area is 115 Å². The highest BCUT2D eigenvalue weighted by Gasteiger charge is 2.30. The molecular formula is C14H27N3O2. The minimum atomic E-state index is 0.298. The Kier molecular flexibility index (Phi) is 5.45. The molecule has 0 aromatic rings. The first kappa shape index (κ1) is 14.6. The molecule has 0 aromatic heterocycles. The van der Waals surface area contributed by atoms with Crippen LogP contribution in [0.2, 0.25) is 0 Å². The maximum atomic E-state index is 5.89. The monoisotopic (exact) mass is 269 g/mol. The van der Waals surface area contributed by atoms with Crippen molar-refractivity contribution in [3.05, 3.63) is 0 Å². The summed E-state index contributed by atoms with van der Waals surface area (Å²) < 4.78 is 11.3. The van der Waals surface area contributed by atoms with Gasteiger partial charge in [0.25, 0.3) is 0 Å². The van der Waals surface area contributed by atoms with Crippen molar-refractivity contribution in [2.75, 3.05) is 26.3 Å². The second-order valence-corrected chi connectivity index (χ2v) is 5.87. The van der Waals surface area contributed by atoms with Gasteiger partial charge in [-0.1, -0.05) is 13.8 Å². The van der Waals surface area contributed by atoms with Gasteiger partial charge in [-0.3, -0.25) is 4.99 Å². The molecule has 19 heavy (non-hydrogen) atoms. The summed E-state index contributed by atoms with van der Waals surface area (Å²) in [5.41, 5.74) is 5.89. The molecule has 2 saturated heterocycles. The second-order valence-electron chi connectivity index (χ2n) is 5.87. The van der Waals surface area contributed by atoms with Crippen LogP contribution in [0.4, 0.5) is 0 Å². The van der Waals surface area contributed by atoms with Crippen molar-refractivity contribution in [1.29, 1.82) is 0 Å². The Balaban J connectivity index is 1.71. The van der Waals surface area contributed by atoms with E-state index in [0.29, 0.717) is 30.0 Å². The van der Waals surface area contributed by atoms with Gasteiger partial charge >= 0.3 is 0 Å². The number of nitrogens with zero attached hydrogens (tertiary/aromatic N) is 1. The molecule has 5 nitrogen and oxygen atoms in total. The Morgan fingerprint density at radius 2 is 2.16 bits per heavy atom. The molecule has 3 atom stereocenters. The molecule has 2 aliphatic heterocycles. The van der Waals surface area contributed by atoms with Gasteiger partial charge in [0.05, 0.1) is 12.2 Å². The third kappa shape index (κ3) is 4.35. The van der Waals surface area contributed by atoms with Crippen molar-refractivity contribution in [2.45, 2.75) is 45.3 Å². The van der Waals surface area contributed by atoms with E-state index in [0.717, 1.165) is 45.6 Å². The first-order chi connectivity index (χ1) is 9.16. The van der Waals surface area contributed by atoms with Crippen LogP contribution >= 0.6 is 0 Å². The van der Waals surface area contributed by atoms with E-state index in [1.807, 2.05) is 0 Å². The summed E-state index contributed by atoms with van der Waals surface area (Å²) in [5, 5.41) is 3.15. The van der Waals surface area contributed by atoms with Gasteiger partial charge in [0.2, 0.25) is 0 Å². The fourth-order valence-corrected chi connectivity index (χ4v) is 2.88. The average molecular weight is 269 g/mol. The van der Waals surface area contributed by atoms with Crippen molar-refractivity contribution in [2.24, 2.45) is 22.6 Å². The number of ether oxygens (including phenoxy) is 2. The van der Waals surface area contributed by atoms with Gasteiger partial charge in [0.1, 0.15) is 0 Å². The molecule has 0 saturated carbocycles. The molecule has 3 N–H and O–H groups in total. The molecule has 0 spiro atoms. The fraction of sp³-hybridized carbons (Fsp3) is 0.929. The lowest BCUT2D eigenvalue weighted by Gasteiger charge is -2.20. The number of hydrogen-bond acceptors (Lipinski definition) is 3. The van der Waals surface area contributed by atoms with Crippen LogP contribution in [-0.4, -0.2) is 44.5 Å². The van der Waals surface area contributed by atoms with E-state index in [4.69, 9.17) is 15.2 Å². The molecule has 5 heteroatoms. The maximum Gasteiger partial charge on any atom is 0.188 e. The third-order valence-electron chi connectivity index (χ3n) is 3.95. The zero-order valence-electron chi connectivity index (χ0n) is 12.1. The Morgan fingerprint density at radius 3 is 2.84 bits per heavy atom. The number of nitrogens with two attached hydrogens (primary N) is 1. The fourth-order valence-electron chi connectivity index (χ4n) is 2.88. The predicted octanol–water partition coefficient (Wildman–Crippen LogP) is 1.13. The molecule has 2 fully saturated rings. The van der Waals surface area contributed by atoms with E-state index in [9.17, 15) is 0 Å². The second kappa shape index (κ2) is 7.10. The number of hydrogen-bond donors (Lipinski definition) is 2. The molecule has 0 bridgehead atoms. The van der Waals surface area contributed by atoms with Gasteiger partial charge in [-0.25, -0.2) is 0 Å². The zero-order valence-corrected chi connectivity index (χ0v) is 12.1. The van der Waals surface area contributed by atoms with Gasteiger partial charge in [0, 0.05) is 32.2 Å². The van der Waals surface area contributed by atoms with Crippen LogP contribution in [0.25, 0.3) is 0 Å². The van der Waals surface area contributed by atoms with Crippen LogP contribution in [0.1, 0.15) is 33.1 Å². The van der Waals surface area contributed by atoms with Crippen LogP contribution < -0.4 is 11.1 Å². The Hall–Kier alpha value is -0.810. The lowest BCUT2D eigenvalue weighted by atomic mass is 9.93. The highest BCUT2D eigenvalue weighted by atomic mass is 16.5. The van der Waals surface area contributed by atoms with Gasteiger partial charge in [-0.05, 0) is 25.2 Å². The van der Waals surface area contributed by atoms with Gasteiger partial charge < -0.3 is 20.5 Å². The molecule has 0 aliphatic carbocycles. The smallest absolute Gasteiger partial charge is 0.188 e. The minimum Gasteiger partial charge on any atom is -0.378 e. The Bertz CT molecular complexity index is 301. The number of aliphatic imine (C=N–C) groups is 1. The van der Waals surface area contributed by atoms with Crippen LogP contribution in [-0.2, 0) is 9.47 Å². The molecule has 0 aromatic carbocycles. The normalized spacial score (nSPS) is 32.2. The quantitative estimate of drug-likeness (QED) is 0.580. The number of rotatable bonds is 5. The standard InChI is InChI=1S/C14H27N3O2/c1-10(2)13-11(5-7-19-13)8-16-14(15)17-9-12-4-3-6-18-12/h10-13H,3-9H2,1-2H3,(H3,15,16,17). The lowest BCUT2D eigenvalue weighted by molar-refractivity contribution is 0.0559. The third-order valence-corrected chi connectivity index (χ3v) is 3.95. The summed E-state index contributed by atoms with van der Waals surface area (Å²) in [6.45, 7) is 7.65. The van der Waals surface area contributed by atoms with Gasteiger partial charge in [0.15, 0.2) is 5.96 Å². The van der Waals surface area contributed by atoms with Crippen molar-refractivity contribution in [3.63, 3.8) is 0 Å². The molecule has 2 rings (SSSR count). The number of nitrogens with one attached hydrogen (secondary N) is 1. The van der Waals surface area contributed by atoms with Crippen LogP contribution in [0.3, 0.4) is 0 Å². The van der Waals surface area contributed by atoms with Gasteiger partial charge in [-0.2, -0.15) is 0 Å². The van der Waals surface area contributed by atoms with Crippen LogP contribution in [0.5, 0.6) is 0 Å². The van der Waals surface area contributed by atoms with E-state index in [-0.39, 0.29) is 0 Å². The summed E-state index contributed by atoms with van der Waals surface area (Å²) >= 11 is 0. The first-order valence-corrected chi connectivity index (χ1v) is 7.44. The van der Waals surface area contributed by atoms with E-state index in [2.05, 4.69) is 24.2 Å². The predicted molar refractivity (Wildman–Crippen MR) is 76.2 cm³/mol. The average Bonchev–Trinajstić information content (AvgIpc) is 3.04. The summed E-state index contributed by atoms with van der Waals surface area (Å²) in [6.07, 6.45) is 3.98. The van der Waals surface area contributed by atoms with E-state index >= 15 is 0 Å². The first-order valence-electron chi connectivity index (χ1n) is 7.44. The molecule has 0 amide bonds. The highest BCUT2D eigenvalue weighted by molar-refractivity contribution is 5.77.